The number of fused-ring (bicyclic) bond motifs is 1. The molecule has 1 N–H and O–H groups in total. The molecule has 2 heterocycles. The van der Waals surface area contributed by atoms with Crippen LogP contribution in [0.2, 0.25) is 0 Å². The summed E-state index contributed by atoms with van der Waals surface area (Å²) in [6.45, 7) is 0.645. The molecule has 0 aliphatic carbocycles. The summed E-state index contributed by atoms with van der Waals surface area (Å²) in [5.74, 6) is 0.0609. The van der Waals surface area contributed by atoms with Crippen LogP contribution in [-0.2, 0) is 21.4 Å². The Balaban J connectivity index is 2.38. The fourth-order valence-corrected chi connectivity index (χ4v) is 1.93. The van der Waals surface area contributed by atoms with Gasteiger partial charge >= 0.3 is 10.1 Å². The molecule has 7 nitrogen and oxygen atoms in total. The van der Waals surface area contributed by atoms with Crippen molar-refractivity contribution in [3.8, 4) is 5.88 Å². The van der Waals surface area contributed by atoms with Crippen LogP contribution >= 0.6 is 0 Å². The Morgan fingerprint density at radius 2 is 2.47 bits per heavy atom. The zero-order valence-corrected chi connectivity index (χ0v) is 8.77. The van der Waals surface area contributed by atoms with Crippen LogP contribution in [0.1, 0.15) is 0 Å². The number of hydrogen-bond donors (Lipinski definition) is 1. The number of methoxy groups -OCH3 is 1. The number of hydrogen-bond acceptors (Lipinski definition) is 5. The highest BCUT2D eigenvalue weighted by Crippen LogP contribution is 2.26. The van der Waals surface area contributed by atoms with E-state index >= 15 is 0 Å². The second-order valence-electron chi connectivity index (χ2n) is 3.14. The van der Waals surface area contributed by atoms with Crippen LogP contribution in [0.15, 0.2) is 11.1 Å². The van der Waals surface area contributed by atoms with Crippen LogP contribution < -0.4 is 4.74 Å². The van der Waals surface area contributed by atoms with Gasteiger partial charge in [0.15, 0.2) is 4.90 Å². The molecule has 1 aliphatic heterocycles. The average molecular weight is 234 g/mol. The van der Waals surface area contributed by atoms with Crippen molar-refractivity contribution in [1.29, 1.82) is 0 Å². The second kappa shape index (κ2) is 3.47. The van der Waals surface area contributed by atoms with Gasteiger partial charge in [-0.3, -0.25) is 4.55 Å². The Morgan fingerprint density at radius 3 is 3.07 bits per heavy atom. The average Bonchev–Trinajstić information content (AvgIpc) is 2.59. The van der Waals surface area contributed by atoms with E-state index in [1.54, 1.807) is 0 Å². The fraction of sp³-hybridized carbons (Fsp3) is 0.571. The largest absolute Gasteiger partial charge is 0.474 e. The smallest absolute Gasteiger partial charge is 0.301 e. The molecule has 0 radical (unpaired) electrons. The van der Waals surface area contributed by atoms with Crippen LogP contribution in [0.3, 0.4) is 0 Å². The molecule has 1 aromatic heterocycles. The summed E-state index contributed by atoms with van der Waals surface area (Å²) in [7, 11) is -2.74. The van der Waals surface area contributed by atoms with Gasteiger partial charge in [0.05, 0.1) is 12.7 Å². The van der Waals surface area contributed by atoms with Gasteiger partial charge < -0.3 is 9.47 Å². The van der Waals surface area contributed by atoms with Crippen molar-refractivity contribution in [3.05, 3.63) is 6.20 Å². The zero-order chi connectivity index (χ0) is 11.1. The Labute approximate surface area is 86.3 Å². The predicted molar refractivity (Wildman–Crippen MR) is 48.3 cm³/mol. The molecular formula is C7H10N2O5S. The van der Waals surface area contributed by atoms with Gasteiger partial charge in [0.25, 0.3) is 0 Å². The molecule has 0 unspecified atom stereocenters. The molecule has 0 bridgehead atoms. The van der Waals surface area contributed by atoms with Crippen LogP contribution in [0.5, 0.6) is 5.88 Å². The summed E-state index contributed by atoms with van der Waals surface area (Å²) < 4.78 is 42.2. The number of aromatic nitrogens is 2. The third-order valence-corrected chi connectivity index (χ3v) is 2.99. The molecule has 2 rings (SSSR count). The third-order valence-electron chi connectivity index (χ3n) is 2.15. The minimum absolute atomic E-state index is 0.0609. The maximum Gasteiger partial charge on any atom is 0.301 e. The lowest BCUT2D eigenvalue weighted by Gasteiger charge is -2.22. The normalized spacial score (nSPS) is 20.8. The maximum absolute atomic E-state index is 10.9. The first kappa shape index (κ1) is 10.4. The lowest BCUT2D eigenvalue weighted by atomic mass is 10.3. The van der Waals surface area contributed by atoms with Gasteiger partial charge in [0, 0.05) is 7.11 Å². The highest BCUT2D eigenvalue weighted by molar-refractivity contribution is 7.86. The summed E-state index contributed by atoms with van der Waals surface area (Å²) >= 11 is 0. The van der Waals surface area contributed by atoms with Crippen LogP contribution in [0.4, 0.5) is 0 Å². The van der Waals surface area contributed by atoms with Gasteiger partial charge in [-0.1, -0.05) is 0 Å². The summed E-state index contributed by atoms with van der Waals surface area (Å²) in [5.41, 5.74) is 0. The minimum atomic E-state index is -4.27. The van der Waals surface area contributed by atoms with E-state index in [9.17, 15) is 8.42 Å². The highest BCUT2D eigenvalue weighted by Gasteiger charge is 2.28. The predicted octanol–water partition coefficient (Wildman–Crippen LogP) is -0.463. The Morgan fingerprint density at radius 1 is 1.73 bits per heavy atom. The first-order chi connectivity index (χ1) is 7.02. The highest BCUT2D eigenvalue weighted by atomic mass is 32.2. The quantitative estimate of drug-likeness (QED) is 0.696. The van der Waals surface area contributed by atoms with Crippen molar-refractivity contribution in [2.45, 2.75) is 17.5 Å². The molecule has 0 saturated heterocycles. The van der Waals surface area contributed by atoms with E-state index in [-0.39, 0.29) is 23.5 Å². The maximum atomic E-state index is 10.9. The van der Waals surface area contributed by atoms with Gasteiger partial charge in [-0.2, -0.15) is 13.5 Å². The van der Waals surface area contributed by atoms with Crippen molar-refractivity contribution >= 4 is 10.1 Å². The summed E-state index contributed by atoms with van der Waals surface area (Å²) in [6, 6.07) is 0. The van der Waals surface area contributed by atoms with Crippen molar-refractivity contribution in [2.75, 3.05) is 13.7 Å². The van der Waals surface area contributed by atoms with Crippen LogP contribution in [-0.4, -0.2) is 42.6 Å². The molecule has 0 aromatic carbocycles. The van der Waals surface area contributed by atoms with Gasteiger partial charge in [-0.15, -0.1) is 0 Å². The van der Waals surface area contributed by atoms with Gasteiger partial charge in [0.2, 0.25) is 5.88 Å². The lowest BCUT2D eigenvalue weighted by Crippen LogP contribution is -2.32. The third kappa shape index (κ3) is 1.83. The molecule has 1 aliphatic rings. The monoisotopic (exact) mass is 234 g/mol. The van der Waals surface area contributed by atoms with Crippen LogP contribution in [0, 0.1) is 0 Å². The van der Waals surface area contributed by atoms with Crippen molar-refractivity contribution in [2.24, 2.45) is 0 Å². The van der Waals surface area contributed by atoms with E-state index < -0.39 is 10.1 Å². The van der Waals surface area contributed by atoms with Gasteiger partial charge in [-0.05, 0) is 0 Å². The summed E-state index contributed by atoms with van der Waals surface area (Å²) in [5, 5.41) is 3.79. The molecule has 0 fully saturated rings. The zero-order valence-electron chi connectivity index (χ0n) is 7.95. The summed E-state index contributed by atoms with van der Waals surface area (Å²) in [6.07, 6.45) is 0.898. The molecule has 1 atom stereocenters. The van der Waals surface area contributed by atoms with E-state index in [1.807, 2.05) is 0 Å². The first-order valence-electron chi connectivity index (χ1n) is 4.21. The molecule has 0 amide bonds. The first-order valence-corrected chi connectivity index (χ1v) is 5.65. The Hall–Kier alpha value is -1.12. The van der Waals surface area contributed by atoms with Crippen LogP contribution in [0.25, 0.3) is 0 Å². The SMILES string of the molecule is CO[C@@H]1COc2c(S(=O)(=O)O)cnn2C1. The Bertz CT molecular complexity index is 466. The van der Waals surface area contributed by atoms with E-state index in [0.29, 0.717) is 6.54 Å². The molecule has 84 valence electrons. The topological polar surface area (TPSA) is 90.7 Å². The molecule has 0 spiro atoms. The second-order valence-corrected chi connectivity index (χ2v) is 4.53. The molecular weight excluding hydrogens is 224 g/mol. The van der Waals surface area contributed by atoms with E-state index in [1.165, 1.54) is 11.8 Å². The number of rotatable bonds is 2. The molecule has 1 aromatic rings. The van der Waals surface area contributed by atoms with E-state index in [0.717, 1.165) is 6.20 Å². The summed E-state index contributed by atoms with van der Waals surface area (Å²) in [4.78, 5) is -0.308. The van der Waals surface area contributed by atoms with Crippen molar-refractivity contribution in [1.82, 2.24) is 9.78 Å². The Kier molecular flexibility index (Phi) is 2.41. The minimum Gasteiger partial charge on any atom is -0.474 e. The fourth-order valence-electron chi connectivity index (χ4n) is 1.37. The standard InChI is InChI=1S/C7H10N2O5S/c1-13-5-3-9-7(14-4-5)6(2-8-9)15(10,11)12/h2,5H,3-4H2,1H3,(H,10,11,12)/t5-/m0/s1. The lowest BCUT2D eigenvalue weighted by molar-refractivity contribution is 0.0164. The van der Waals surface area contributed by atoms with Gasteiger partial charge in [-0.25, -0.2) is 4.68 Å². The van der Waals surface area contributed by atoms with Crippen molar-refractivity contribution in [3.63, 3.8) is 0 Å². The van der Waals surface area contributed by atoms with E-state index in [4.69, 9.17) is 14.0 Å². The molecule has 0 saturated carbocycles. The van der Waals surface area contributed by atoms with Crippen molar-refractivity contribution < 1.29 is 22.4 Å². The number of nitrogens with zero attached hydrogens (tertiary/aromatic N) is 2. The van der Waals surface area contributed by atoms with E-state index in [2.05, 4.69) is 5.10 Å². The van der Waals surface area contributed by atoms with Gasteiger partial charge in [0.1, 0.15) is 12.7 Å². The molecule has 8 heteroatoms. The molecule has 15 heavy (non-hydrogen) atoms. The number of ether oxygens (including phenoxy) is 2.